The first-order chi connectivity index (χ1) is 9.04. The van der Waals surface area contributed by atoms with E-state index in [1.165, 1.54) is 22.3 Å². The largest absolute Gasteiger partial charge is 0.236 e. The van der Waals surface area contributed by atoms with Crippen molar-refractivity contribution in [1.82, 2.24) is 4.98 Å². The van der Waals surface area contributed by atoms with Gasteiger partial charge >= 0.3 is 0 Å². The summed E-state index contributed by atoms with van der Waals surface area (Å²) in [6.45, 7) is 6.42. The first-order valence-corrected chi connectivity index (χ1v) is 7.38. The molecular formula is C16H14ClNS. The molecule has 96 valence electrons. The average molecular weight is 288 g/mol. The molecule has 0 saturated carbocycles. The molecule has 0 aliphatic heterocycles. The average Bonchev–Trinajstić information content (AvgIpc) is 2.69. The van der Waals surface area contributed by atoms with Crippen molar-refractivity contribution in [2.75, 3.05) is 0 Å². The zero-order valence-electron chi connectivity index (χ0n) is 11.1. The maximum atomic E-state index is 6.04. The van der Waals surface area contributed by atoms with Crippen LogP contribution < -0.4 is 0 Å². The summed E-state index contributed by atoms with van der Waals surface area (Å²) in [7, 11) is 0. The molecule has 0 radical (unpaired) electrons. The Balaban J connectivity index is 2.24. The summed E-state index contributed by atoms with van der Waals surface area (Å²) >= 11 is 7.74. The van der Waals surface area contributed by atoms with Crippen LogP contribution >= 0.6 is 22.9 Å². The van der Waals surface area contributed by atoms with Crippen LogP contribution in [0.5, 0.6) is 0 Å². The fraction of sp³-hybridized carbons (Fsp3) is 0.188. The third-order valence-electron chi connectivity index (χ3n) is 3.24. The van der Waals surface area contributed by atoms with Crippen molar-refractivity contribution < 1.29 is 0 Å². The molecule has 0 bridgehead atoms. The van der Waals surface area contributed by atoms with E-state index in [1.807, 2.05) is 18.2 Å². The van der Waals surface area contributed by atoms with Gasteiger partial charge in [-0.2, -0.15) is 0 Å². The Bertz CT molecular complexity index is 751. The van der Waals surface area contributed by atoms with Crippen LogP contribution in [0.15, 0.2) is 30.3 Å². The van der Waals surface area contributed by atoms with Gasteiger partial charge in [-0.3, -0.25) is 0 Å². The number of rotatable bonds is 1. The van der Waals surface area contributed by atoms with Crippen molar-refractivity contribution in [3.8, 4) is 10.6 Å². The molecule has 0 N–H and O–H groups in total. The number of hydrogen-bond acceptors (Lipinski definition) is 2. The molecule has 3 rings (SSSR count). The van der Waals surface area contributed by atoms with Crippen molar-refractivity contribution in [2.24, 2.45) is 0 Å². The van der Waals surface area contributed by atoms with Crippen LogP contribution in [-0.4, -0.2) is 4.98 Å². The first kappa shape index (κ1) is 12.6. The lowest BCUT2D eigenvalue weighted by Crippen LogP contribution is -1.89. The van der Waals surface area contributed by atoms with Gasteiger partial charge in [0.2, 0.25) is 0 Å². The third-order valence-corrected chi connectivity index (χ3v) is 4.51. The zero-order chi connectivity index (χ0) is 13.6. The van der Waals surface area contributed by atoms with Crippen molar-refractivity contribution in [3.05, 3.63) is 52.0 Å². The van der Waals surface area contributed by atoms with Crippen molar-refractivity contribution >= 4 is 33.2 Å². The van der Waals surface area contributed by atoms with Crippen LogP contribution in [0.2, 0.25) is 5.02 Å². The summed E-state index contributed by atoms with van der Waals surface area (Å²) in [6.07, 6.45) is 0. The van der Waals surface area contributed by atoms with Gasteiger partial charge in [0.15, 0.2) is 0 Å². The van der Waals surface area contributed by atoms with E-state index in [0.717, 1.165) is 20.2 Å². The van der Waals surface area contributed by atoms with E-state index in [2.05, 4.69) is 32.9 Å². The lowest BCUT2D eigenvalue weighted by atomic mass is 10.0. The highest BCUT2D eigenvalue weighted by atomic mass is 35.5. The number of aromatic nitrogens is 1. The molecular weight excluding hydrogens is 274 g/mol. The predicted octanol–water partition coefficient (Wildman–Crippen LogP) is 5.54. The second-order valence-corrected chi connectivity index (χ2v) is 6.37. The lowest BCUT2D eigenvalue weighted by molar-refractivity contribution is 1.31. The SMILES string of the molecule is Cc1cc(C)c(-c2nc3ccc(Cl)cc3s2)c(C)c1. The summed E-state index contributed by atoms with van der Waals surface area (Å²) in [5, 5.41) is 1.84. The molecule has 1 aromatic heterocycles. The highest BCUT2D eigenvalue weighted by molar-refractivity contribution is 7.21. The molecule has 0 saturated heterocycles. The van der Waals surface area contributed by atoms with Gasteiger partial charge in [0.25, 0.3) is 0 Å². The standard InChI is InChI=1S/C16H14ClNS/c1-9-6-10(2)15(11(3)7-9)16-18-13-5-4-12(17)8-14(13)19-16/h4-8H,1-3H3. The van der Waals surface area contributed by atoms with Gasteiger partial charge in [0.05, 0.1) is 10.2 Å². The number of benzene rings is 2. The minimum absolute atomic E-state index is 0.764. The molecule has 19 heavy (non-hydrogen) atoms. The van der Waals surface area contributed by atoms with Gasteiger partial charge in [-0.15, -0.1) is 11.3 Å². The number of aryl methyl sites for hydroxylation is 3. The van der Waals surface area contributed by atoms with E-state index in [-0.39, 0.29) is 0 Å². The molecule has 0 aliphatic carbocycles. The summed E-state index contributed by atoms with van der Waals surface area (Å²) in [6, 6.07) is 10.3. The molecule has 0 amide bonds. The Morgan fingerprint density at radius 2 is 1.68 bits per heavy atom. The highest BCUT2D eigenvalue weighted by Crippen LogP contribution is 2.35. The number of hydrogen-bond donors (Lipinski definition) is 0. The Kier molecular flexibility index (Phi) is 3.08. The van der Waals surface area contributed by atoms with Crippen LogP contribution in [0.25, 0.3) is 20.8 Å². The molecule has 0 spiro atoms. The molecule has 0 unspecified atom stereocenters. The predicted molar refractivity (Wildman–Crippen MR) is 84.3 cm³/mol. The zero-order valence-corrected chi connectivity index (χ0v) is 12.7. The fourth-order valence-corrected chi connectivity index (χ4v) is 3.94. The Morgan fingerprint density at radius 3 is 2.37 bits per heavy atom. The Morgan fingerprint density at radius 1 is 1.00 bits per heavy atom. The molecule has 0 fully saturated rings. The van der Waals surface area contributed by atoms with Crippen LogP contribution in [-0.2, 0) is 0 Å². The van der Waals surface area contributed by atoms with Gasteiger partial charge in [0, 0.05) is 10.6 Å². The molecule has 0 atom stereocenters. The third kappa shape index (κ3) is 2.26. The summed E-state index contributed by atoms with van der Waals surface area (Å²) in [4.78, 5) is 4.74. The summed E-state index contributed by atoms with van der Waals surface area (Å²) < 4.78 is 1.14. The smallest absolute Gasteiger partial charge is 0.125 e. The second-order valence-electron chi connectivity index (χ2n) is 4.90. The topological polar surface area (TPSA) is 12.9 Å². The van der Waals surface area contributed by atoms with E-state index >= 15 is 0 Å². The van der Waals surface area contributed by atoms with Gasteiger partial charge in [-0.05, 0) is 50.1 Å². The fourth-order valence-electron chi connectivity index (χ4n) is 2.52. The van der Waals surface area contributed by atoms with Gasteiger partial charge in [-0.1, -0.05) is 29.3 Å². The Labute approximate surface area is 121 Å². The minimum Gasteiger partial charge on any atom is -0.236 e. The van der Waals surface area contributed by atoms with E-state index in [9.17, 15) is 0 Å². The van der Waals surface area contributed by atoms with Gasteiger partial charge < -0.3 is 0 Å². The molecule has 3 aromatic rings. The minimum atomic E-state index is 0.764. The molecule has 1 nitrogen and oxygen atoms in total. The first-order valence-electron chi connectivity index (χ1n) is 6.19. The molecule has 3 heteroatoms. The number of halogens is 1. The van der Waals surface area contributed by atoms with Crippen molar-refractivity contribution in [1.29, 1.82) is 0 Å². The van der Waals surface area contributed by atoms with Crippen LogP contribution in [0, 0.1) is 20.8 Å². The number of thiazole rings is 1. The normalized spacial score (nSPS) is 11.2. The quantitative estimate of drug-likeness (QED) is 0.572. The van der Waals surface area contributed by atoms with Gasteiger partial charge in [-0.25, -0.2) is 4.98 Å². The highest BCUT2D eigenvalue weighted by Gasteiger charge is 2.12. The van der Waals surface area contributed by atoms with Crippen LogP contribution in [0.3, 0.4) is 0 Å². The van der Waals surface area contributed by atoms with Crippen molar-refractivity contribution in [3.63, 3.8) is 0 Å². The molecule has 0 aliphatic rings. The van der Waals surface area contributed by atoms with Crippen molar-refractivity contribution in [2.45, 2.75) is 20.8 Å². The maximum absolute atomic E-state index is 6.04. The van der Waals surface area contributed by atoms with Gasteiger partial charge in [0.1, 0.15) is 5.01 Å². The van der Waals surface area contributed by atoms with Crippen LogP contribution in [0.4, 0.5) is 0 Å². The Hall–Kier alpha value is -1.38. The van der Waals surface area contributed by atoms with E-state index in [0.29, 0.717) is 0 Å². The molecule has 1 heterocycles. The molecule has 2 aromatic carbocycles. The van der Waals surface area contributed by atoms with Crippen LogP contribution in [0.1, 0.15) is 16.7 Å². The second kappa shape index (κ2) is 4.62. The van der Waals surface area contributed by atoms with E-state index in [4.69, 9.17) is 16.6 Å². The van der Waals surface area contributed by atoms with E-state index in [1.54, 1.807) is 11.3 Å². The number of fused-ring (bicyclic) bond motifs is 1. The summed E-state index contributed by atoms with van der Waals surface area (Å²) in [5.41, 5.74) is 6.12. The lowest BCUT2D eigenvalue weighted by Gasteiger charge is -2.08. The van der Waals surface area contributed by atoms with E-state index < -0.39 is 0 Å². The summed E-state index contributed by atoms with van der Waals surface area (Å²) in [5.74, 6) is 0. The number of nitrogens with zero attached hydrogens (tertiary/aromatic N) is 1. The maximum Gasteiger partial charge on any atom is 0.125 e. The monoisotopic (exact) mass is 287 g/mol.